The molecule has 158 valence electrons. The van der Waals surface area contributed by atoms with E-state index in [1.54, 1.807) is 48.5 Å². The van der Waals surface area contributed by atoms with E-state index in [2.05, 4.69) is 0 Å². The van der Waals surface area contributed by atoms with Crippen LogP contribution >= 0.6 is 23.2 Å². The number of likely N-dealkylation sites (tertiary alicyclic amines) is 1. The summed E-state index contributed by atoms with van der Waals surface area (Å²) in [5.74, 6) is -0.800. The Labute approximate surface area is 188 Å². The molecular weight excluding hydrogens is 441 g/mol. The number of hydrogen-bond donors (Lipinski definition) is 1. The van der Waals surface area contributed by atoms with Crippen LogP contribution < -0.4 is 4.74 Å². The zero-order valence-corrected chi connectivity index (χ0v) is 17.9. The first-order valence-electron chi connectivity index (χ1n) is 9.31. The molecule has 1 amide bonds. The van der Waals surface area contributed by atoms with Gasteiger partial charge in [-0.2, -0.15) is 0 Å². The third-order valence-corrected chi connectivity index (χ3v) is 5.63. The standard InChI is InChI=1S/C23H17Cl2NO5/c1-30-15-7-4-13(5-8-15)21(27)19-20(17-9-6-14(24)11-18(17)25)26(23(29)22(19)28)12-16-3-2-10-31-16/h2-11,20,27H,12H2,1H3/b21-19+. The van der Waals surface area contributed by atoms with Crippen molar-refractivity contribution in [2.45, 2.75) is 12.6 Å². The van der Waals surface area contributed by atoms with Gasteiger partial charge in [-0.15, -0.1) is 0 Å². The van der Waals surface area contributed by atoms with E-state index in [4.69, 9.17) is 32.4 Å². The minimum absolute atomic E-state index is 0.0284. The van der Waals surface area contributed by atoms with Crippen molar-refractivity contribution < 1.29 is 23.8 Å². The number of carbonyl (C=O) groups is 2. The Morgan fingerprint density at radius 2 is 1.87 bits per heavy atom. The summed E-state index contributed by atoms with van der Waals surface area (Å²) < 4.78 is 10.5. The number of furan rings is 1. The molecule has 1 aliphatic heterocycles. The number of ether oxygens (including phenoxy) is 1. The predicted molar refractivity (Wildman–Crippen MR) is 116 cm³/mol. The van der Waals surface area contributed by atoms with Crippen LogP contribution in [0.3, 0.4) is 0 Å². The number of benzene rings is 2. The molecule has 3 aromatic rings. The Kier molecular flexibility index (Phi) is 5.76. The van der Waals surface area contributed by atoms with Crippen molar-refractivity contribution in [1.29, 1.82) is 0 Å². The second-order valence-corrected chi connectivity index (χ2v) is 7.74. The summed E-state index contributed by atoms with van der Waals surface area (Å²) in [6, 6.07) is 13.8. The van der Waals surface area contributed by atoms with Gasteiger partial charge in [0.15, 0.2) is 0 Å². The Morgan fingerprint density at radius 1 is 1.13 bits per heavy atom. The van der Waals surface area contributed by atoms with E-state index < -0.39 is 17.7 Å². The number of halogens is 2. The minimum Gasteiger partial charge on any atom is -0.507 e. The van der Waals surface area contributed by atoms with E-state index in [0.29, 0.717) is 27.7 Å². The van der Waals surface area contributed by atoms with Crippen LogP contribution in [0, 0.1) is 0 Å². The molecule has 0 radical (unpaired) electrons. The number of carbonyl (C=O) groups excluding carboxylic acids is 2. The summed E-state index contributed by atoms with van der Waals surface area (Å²) in [6.07, 6.45) is 1.48. The second-order valence-electron chi connectivity index (χ2n) is 6.90. The van der Waals surface area contributed by atoms with Gasteiger partial charge >= 0.3 is 0 Å². The topological polar surface area (TPSA) is 80.0 Å². The van der Waals surface area contributed by atoms with Crippen LogP contribution in [0.2, 0.25) is 10.0 Å². The summed E-state index contributed by atoms with van der Waals surface area (Å²) in [6.45, 7) is 0.0284. The lowest BCUT2D eigenvalue weighted by Crippen LogP contribution is -2.29. The Morgan fingerprint density at radius 3 is 2.48 bits per heavy atom. The first-order chi connectivity index (χ1) is 14.9. The van der Waals surface area contributed by atoms with Gasteiger partial charge in [-0.05, 0) is 54.1 Å². The van der Waals surface area contributed by atoms with Crippen LogP contribution in [0.5, 0.6) is 5.75 Å². The third-order valence-electron chi connectivity index (χ3n) is 5.07. The van der Waals surface area contributed by atoms with Crippen LogP contribution in [0.25, 0.3) is 5.76 Å². The summed E-state index contributed by atoms with van der Waals surface area (Å²) in [7, 11) is 1.53. The monoisotopic (exact) mass is 457 g/mol. The van der Waals surface area contributed by atoms with Crippen molar-refractivity contribution in [3.8, 4) is 5.75 Å². The molecule has 1 N–H and O–H groups in total. The molecule has 0 bridgehead atoms. The average molecular weight is 458 g/mol. The third kappa shape index (κ3) is 3.92. The maximum atomic E-state index is 13.0. The van der Waals surface area contributed by atoms with Crippen LogP contribution in [-0.2, 0) is 16.1 Å². The molecule has 8 heteroatoms. The molecule has 1 atom stereocenters. The highest BCUT2D eigenvalue weighted by Gasteiger charge is 2.47. The first kappa shape index (κ1) is 21.0. The van der Waals surface area contributed by atoms with E-state index in [9.17, 15) is 14.7 Å². The lowest BCUT2D eigenvalue weighted by Gasteiger charge is -2.25. The molecule has 1 aromatic heterocycles. The number of ketones is 1. The molecular formula is C23H17Cl2NO5. The quantitative estimate of drug-likeness (QED) is 0.322. The summed E-state index contributed by atoms with van der Waals surface area (Å²) in [4.78, 5) is 27.3. The molecule has 0 aliphatic carbocycles. The maximum absolute atomic E-state index is 13.0. The minimum atomic E-state index is -0.919. The van der Waals surface area contributed by atoms with Crippen molar-refractivity contribution >= 4 is 40.7 Å². The van der Waals surface area contributed by atoms with Gasteiger partial charge < -0.3 is 19.2 Å². The van der Waals surface area contributed by atoms with Crippen LogP contribution in [0.1, 0.15) is 22.9 Å². The number of aliphatic hydroxyl groups excluding tert-OH is 1. The Hall–Kier alpha value is -3.22. The molecule has 1 fully saturated rings. The number of aliphatic hydroxyl groups is 1. The predicted octanol–water partition coefficient (Wildman–Crippen LogP) is 5.22. The zero-order chi connectivity index (χ0) is 22.1. The van der Waals surface area contributed by atoms with Gasteiger partial charge in [0.2, 0.25) is 0 Å². The van der Waals surface area contributed by atoms with Crippen molar-refractivity contribution in [2.24, 2.45) is 0 Å². The van der Waals surface area contributed by atoms with Crippen LogP contribution in [0.15, 0.2) is 70.9 Å². The molecule has 1 saturated heterocycles. The van der Waals surface area contributed by atoms with Crippen molar-refractivity contribution in [3.63, 3.8) is 0 Å². The Balaban J connectivity index is 1.88. The molecule has 2 aromatic carbocycles. The fourth-order valence-electron chi connectivity index (χ4n) is 3.56. The first-order valence-corrected chi connectivity index (χ1v) is 10.1. The number of hydrogen-bond acceptors (Lipinski definition) is 5. The average Bonchev–Trinajstić information content (AvgIpc) is 3.36. The van der Waals surface area contributed by atoms with Gasteiger partial charge in [0, 0.05) is 15.6 Å². The molecule has 2 heterocycles. The molecule has 0 spiro atoms. The lowest BCUT2D eigenvalue weighted by molar-refractivity contribution is -0.140. The summed E-state index contributed by atoms with van der Waals surface area (Å²) in [5, 5.41) is 11.7. The van der Waals surface area contributed by atoms with Gasteiger partial charge in [-0.3, -0.25) is 9.59 Å². The van der Waals surface area contributed by atoms with Crippen molar-refractivity contribution in [3.05, 3.63) is 93.4 Å². The van der Waals surface area contributed by atoms with Crippen LogP contribution in [0.4, 0.5) is 0 Å². The number of nitrogens with zero attached hydrogens (tertiary/aromatic N) is 1. The zero-order valence-electron chi connectivity index (χ0n) is 16.3. The highest BCUT2D eigenvalue weighted by Crippen LogP contribution is 2.43. The number of rotatable bonds is 5. The van der Waals surface area contributed by atoms with Gasteiger partial charge in [0.25, 0.3) is 11.7 Å². The largest absolute Gasteiger partial charge is 0.507 e. The molecule has 1 unspecified atom stereocenters. The summed E-state index contributed by atoms with van der Waals surface area (Å²) in [5.41, 5.74) is 0.768. The van der Waals surface area contributed by atoms with E-state index in [1.807, 2.05) is 0 Å². The lowest BCUT2D eigenvalue weighted by atomic mass is 9.95. The normalized spacial score (nSPS) is 17.9. The maximum Gasteiger partial charge on any atom is 0.296 e. The fraction of sp³-hybridized carbons (Fsp3) is 0.130. The fourth-order valence-corrected chi connectivity index (χ4v) is 4.08. The highest BCUT2D eigenvalue weighted by atomic mass is 35.5. The highest BCUT2D eigenvalue weighted by molar-refractivity contribution is 6.47. The van der Waals surface area contributed by atoms with Gasteiger partial charge in [-0.25, -0.2) is 0 Å². The van der Waals surface area contributed by atoms with Gasteiger partial charge in [0.1, 0.15) is 17.3 Å². The molecule has 6 nitrogen and oxygen atoms in total. The second kappa shape index (κ2) is 8.49. The summed E-state index contributed by atoms with van der Waals surface area (Å²) >= 11 is 12.5. The van der Waals surface area contributed by atoms with Crippen molar-refractivity contribution in [2.75, 3.05) is 7.11 Å². The SMILES string of the molecule is COc1ccc(/C(O)=C2\C(=O)C(=O)N(Cc3ccco3)C2c2ccc(Cl)cc2Cl)cc1. The molecule has 4 rings (SSSR count). The van der Waals surface area contributed by atoms with E-state index >= 15 is 0 Å². The van der Waals surface area contributed by atoms with Gasteiger partial charge in [-0.1, -0.05) is 29.3 Å². The number of methoxy groups -OCH3 is 1. The van der Waals surface area contributed by atoms with E-state index in [0.717, 1.165) is 0 Å². The molecule has 1 aliphatic rings. The number of amides is 1. The van der Waals surface area contributed by atoms with E-state index in [-0.39, 0.29) is 22.9 Å². The molecule has 31 heavy (non-hydrogen) atoms. The Bertz CT molecular complexity index is 1170. The van der Waals surface area contributed by atoms with Gasteiger partial charge in [0.05, 0.1) is 31.5 Å². The number of Topliss-reactive ketones (excluding diaryl/α,β-unsaturated/α-hetero) is 1. The smallest absolute Gasteiger partial charge is 0.296 e. The molecule has 0 saturated carbocycles. The van der Waals surface area contributed by atoms with E-state index in [1.165, 1.54) is 24.3 Å². The van der Waals surface area contributed by atoms with Crippen molar-refractivity contribution in [1.82, 2.24) is 4.90 Å². The van der Waals surface area contributed by atoms with Crippen LogP contribution in [-0.4, -0.2) is 28.8 Å².